The van der Waals surface area contributed by atoms with Crippen molar-refractivity contribution in [2.75, 3.05) is 31.1 Å². The lowest BCUT2D eigenvalue weighted by molar-refractivity contribution is -0.159. The lowest BCUT2D eigenvalue weighted by Gasteiger charge is -2.37. The standard InChI is InChI=1S/C19H23BrN2.C2H2O4/c1-15-4-3-5-19(16(15)2)22-12-10-21(11-13-22)14-17-6-8-18(20)9-7-17;3-1(4)2(5)6/h3-9H,10-14H2,1-2H3;(H,3,4)(H,5,6). The van der Waals surface area contributed by atoms with Crippen LogP contribution in [0.1, 0.15) is 16.7 Å². The van der Waals surface area contributed by atoms with Crippen LogP contribution in [0.25, 0.3) is 0 Å². The molecule has 150 valence electrons. The highest BCUT2D eigenvalue weighted by atomic mass is 79.9. The van der Waals surface area contributed by atoms with Gasteiger partial charge < -0.3 is 15.1 Å². The van der Waals surface area contributed by atoms with E-state index in [1.807, 2.05) is 0 Å². The predicted molar refractivity (Wildman–Crippen MR) is 113 cm³/mol. The summed E-state index contributed by atoms with van der Waals surface area (Å²) in [5.74, 6) is -3.65. The zero-order valence-electron chi connectivity index (χ0n) is 16.1. The second kappa shape index (κ2) is 10.2. The summed E-state index contributed by atoms with van der Waals surface area (Å²) in [7, 11) is 0. The molecule has 28 heavy (non-hydrogen) atoms. The van der Waals surface area contributed by atoms with Crippen LogP contribution in [0.3, 0.4) is 0 Å². The number of carbonyl (C=O) groups is 2. The molecule has 0 bridgehead atoms. The quantitative estimate of drug-likeness (QED) is 0.698. The van der Waals surface area contributed by atoms with Gasteiger partial charge in [-0.25, -0.2) is 9.59 Å². The normalized spacial score (nSPS) is 14.2. The molecule has 2 aromatic carbocycles. The Labute approximate surface area is 173 Å². The summed E-state index contributed by atoms with van der Waals surface area (Å²) in [6.45, 7) is 9.96. The average Bonchev–Trinajstić information content (AvgIpc) is 2.67. The maximum absolute atomic E-state index is 9.10. The number of carboxylic acids is 2. The molecule has 1 aliphatic rings. The monoisotopic (exact) mass is 448 g/mol. The molecule has 1 saturated heterocycles. The lowest BCUT2D eigenvalue weighted by atomic mass is 10.1. The van der Waals surface area contributed by atoms with Crippen LogP contribution in [-0.2, 0) is 16.1 Å². The second-order valence-electron chi connectivity index (χ2n) is 6.72. The molecule has 1 aliphatic heterocycles. The van der Waals surface area contributed by atoms with Gasteiger partial charge in [0.1, 0.15) is 0 Å². The van der Waals surface area contributed by atoms with E-state index in [2.05, 4.69) is 82.0 Å². The average molecular weight is 449 g/mol. The van der Waals surface area contributed by atoms with Crippen LogP contribution in [0.15, 0.2) is 46.9 Å². The highest BCUT2D eigenvalue weighted by Crippen LogP contribution is 2.24. The fraction of sp³-hybridized carbons (Fsp3) is 0.333. The van der Waals surface area contributed by atoms with E-state index in [4.69, 9.17) is 19.8 Å². The first-order valence-electron chi connectivity index (χ1n) is 9.02. The van der Waals surface area contributed by atoms with Crippen LogP contribution in [0.5, 0.6) is 0 Å². The smallest absolute Gasteiger partial charge is 0.414 e. The number of anilines is 1. The molecular formula is C21H25BrN2O4. The van der Waals surface area contributed by atoms with Crippen molar-refractivity contribution < 1.29 is 19.8 Å². The van der Waals surface area contributed by atoms with Gasteiger partial charge in [0.15, 0.2) is 0 Å². The van der Waals surface area contributed by atoms with Gasteiger partial charge in [-0.05, 0) is 48.7 Å². The van der Waals surface area contributed by atoms with Crippen molar-refractivity contribution in [1.29, 1.82) is 0 Å². The van der Waals surface area contributed by atoms with Crippen molar-refractivity contribution >= 4 is 33.6 Å². The Morgan fingerprint density at radius 1 is 0.929 bits per heavy atom. The third-order valence-electron chi connectivity index (χ3n) is 4.79. The molecule has 0 spiro atoms. The van der Waals surface area contributed by atoms with Crippen molar-refractivity contribution in [3.05, 3.63) is 63.6 Å². The van der Waals surface area contributed by atoms with Crippen LogP contribution < -0.4 is 4.90 Å². The number of hydrogen-bond donors (Lipinski definition) is 2. The summed E-state index contributed by atoms with van der Waals surface area (Å²) in [5, 5.41) is 14.8. The van der Waals surface area contributed by atoms with Gasteiger partial charge in [-0.15, -0.1) is 0 Å². The fourth-order valence-electron chi connectivity index (χ4n) is 3.07. The number of carboxylic acid groups (broad SMARTS) is 2. The Kier molecular flexibility index (Phi) is 8.02. The van der Waals surface area contributed by atoms with Crippen LogP contribution in [0.4, 0.5) is 5.69 Å². The van der Waals surface area contributed by atoms with Crippen LogP contribution in [0.2, 0.25) is 0 Å². The third-order valence-corrected chi connectivity index (χ3v) is 5.32. The molecule has 7 heteroatoms. The minimum atomic E-state index is -1.82. The SMILES string of the molecule is Cc1cccc(N2CCN(Cc3ccc(Br)cc3)CC2)c1C.O=C(O)C(=O)O. The molecule has 2 N–H and O–H groups in total. The van der Waals surface area contributed by atoms with Gasteiger partial charge in [0, 0.05) is 42.9 Å². The zero-order valence-corrected chi connectivity index (χ0v) is 17.6. The van der Waals surface area contributed by atoms with Crippen molar-refractivity contribution in [1.82, 2.24) is 4.90 Å². The van der Waals surface area contributed by atoms with Crippen LogP contribution >= 0.6 is 15.9 Å². The summed E-state index contributed by atoms with van der Waals surface area (Å²) in [5.41, 5.74) is 5.60. The first-order chi connectivity index (χ1) is 13.3. The molecule has 0 aliphatic carbocycles. The van der Waals surface area contributed by atoms with Crippen LogP contribution in [-0.4, -0.2) is 53.2 Å². The van der Waals surface area contributed by atoms with Crippen molar-refractivity contribution in [2.24, 2.45) is 0 Å². The number of halogens is 1. The number of rotatable bonds is 3. The van der Waals surface area contributed by atoms with Gasteiger partial charge in [-0.2, -0.15) is 0 Å². The largest absolute Gasteiger partial charge is 0.473 e. The molecule has 0 aromatic heterocycles. The molecule has 1 fully saturated rings. The first kappa shape index (κ1) is 21.9. The first-order valence-corrected chi connectivity index (χ1v) is 9.81. The lowest BCUT2D eigenvalue weighted by Crippen LogP contribution is -2.46. The number of aryl methyl sites for hydroxylation is 1. The molecule has 0 saturated carbocycles. The van der Waals surface area contributed by atoms with E-state index in [-0.39, 0.29) is 0 Å². The number of nitrogens with zero attached hydrogens (tertiary/aromatic N) is 2. The van der Waals surface area contributed by atoms with Crippen LogP contribution in [0, 0.1) is 13.8 Å². The van der Waals surface area contributed by atoms with Gasteiger partial charge in [0.2, 0.25) is 0 Å². The number of piperazine rings is 1. The van der Waals surface area contributed by atoms with Gasteiger partial charge in [-0.1, -0.05) is 40.2 Å². The van der Waals surface area contributed by atoms with E-state index in [0.29, 0.717) is 0 Å². The molecule has 1 heterocycles. The Hall–Kier alpha value is -2.38. The number of aliphatic carboxylic acids is 2. The fourth-order valence-corrected chi connectivity index (χ4v) is 3.34. The molecule has 2 aromatic rings. The van der Waals surface area contributed by atoms with Gasteiger partial charge in [-0.3, -0.25) is 4.90 Å². The summed E-state index contributed by atoms with van der Waals surface area (Å²) >= 11 is 3.50. The Morgan fingerprint density at radius 2 is 1.50 bits per heavy atom. The minimum absolute atomic E-state index is 1.05. The molecule has 0 unspecified atom stereocenters. The van der Waals surface area contributed by atoms with E-state index in [0.717, 1.165) is 37.2 Å². The molecule has 3 rings (SSSR count). The third kappa shape index (κ3) is 6.35. The maximum Gasteiger partial charge on any atom is 0.414 e. The highest BCUT2D eigenvalue weighted by molar-refractivity contribution is 9.10. The summed E-state index contributed by atoms with van der Waals surface area (Å²) in [4.78, 5) is 23.3. The molecule has 0 radical (unpaired) electrons. The number of benzene rings is 2. The Morgan fingerprint density at radius 3 is 2.04 bits per heavy atom. The highest BCUT2D eigenvalue weighted by Gasteiger charge is 2.18. The van der Waals surface area contributed by atoms with Gasteiger partial charge in [0.25, 0.3) is 0 Å². The molecule has 0 atom stereocenters. The van der Waals surface area contributed by atoms with E-state index in [1.54, 1.807) is 0 Å². The zero-order chi connectivity index (χ0) is 20.7. The molecule has 6 nitrogen and oxygen atoms in total. The summed E-state index contributed by atoms with van der Waals surface area (Å²) < 4.78 is 1.15. The van der Waals surface area contributed by atoms with Gasteiger partial charge in [0.05, 0.1) is 0 Å². The number of hydrogen-bond acceptors (Lipinski definition) is 4. The predicted octanol–water partition coefficient (Wildman–Crippen LogP) is 3.54. The van der Waals surface area contributed by atoms with E-state index in [1.165, 1.54) is 22.4 Å². The van der Waals surface area contributed by atoms with Crippen molar-refractivity contribution in [2.45, 2.75) is 20.4 Å². The van der Waals surface area contributed by atoms with E-state index < -0.39 is 11.9 Å². The second-order valence-corrected chi connectivity index (χ2v) is 7.63. The molecule has 0 amide bonds. The van der Waals surface area contributed by atoms with E-state index in [9.17, 15) is 0 Å². The Balaban J connectivity index is 0.000000409. The minimum Gasteiger partial charge on any atom is -0.473 e. The van der Waals surface area contributed by atoms with E-state index >= 15 is 0 Å². The summed E-state index contributed by atoms with van der Waals surface area (Å²) in [6.07, 6.45) is 0. The summed E-state index contributed by atoms with van der Waals surface area (Å²) in [6, 6.07) is 15.3. The maximum atomic E-state index is 9.10. The van der Waals surface area contributed by atoms with Gasteiger partial charge >= 0.3 is 11.9 Å². The van der Waals surface area contributed by atoms with Crippen molar-refractivity contribution in [3.8, 4) is 0 Å². The Bertz CT molecular complexity index is 804. The van der Waals surface area contributed by atoms with Crippen molar-refractivity contribution in [3.63, 3.8) is 0 Å². The molecular weight excluding hydrogens is 424 g/mol. The topological polar surface area (TPSA) is 81.1 Å².